The Balaban J connectivity index is 1.76. The van der Waals surface area contributed by atoms with Crippen LogP contribution < -0.4 is 5.32 Å². The largest absolute Gasteiger partial charge is 0.341 e. The summed E-state index contributed by atoms with van der Waals surface area (Å²) in [5.41, 5.74) is 3.48. The molecule has 1 aliphatic rings. The maximum absolute atomic E-state index is 13.1. The fraction of sp³-hybridized carbons (Fsp3) is 0.417. The summed E-state index contributed by atoms with van der Waals surface area (Å²) in [5.74, 6) is 0.0225. The van der Waals surface area contributed by atoms with Gasteiger partial charge in [-0.25, -0.2) is 0 Å². The van der Waals surface area contributed by atoms with Crippen LogP contribution in [0.4, 0.5) is 0 Å². The van der Waals surface area contributed by atoms with E-state index in [1.165, 1.54) is 11.1 Å². The first kappa shape index (κ1) is 21.1. The summed E-state index contributed by atoms with van der Waals surface area (Å²) < 4.78 is 0. The van der Waals surface area contributed by atoms with Crippen molar-refractivity contribution in [1.29, 1.82) is 0 Å². The fourth-order valence-electron chi connectivity index (χ4n) is 3.93. The van der Waals surface area contributed by atoms with Crippen LogP contribution in [-0.4, -0.2) is 61.4 Å². The number of rotatable bonds is 7. The molecule has 2 amide bonds. The van der Waals surface area contributed by atoms with Crippen LogP contribution in [0.3, 0.4) is 0 Å². The lowest BCUT2D eigenvalue weighted by Gasteiger charge is -2.24. The van der Waals surface area contributed by atoms with E-state index in [0.717, 1.165) is 18.5 Å². The number of nitrogens with one attached hydrogen (secondary N) is 1. The molecule has 1 heterocycles. The van der Waals surface area contributed by atoms with Crippen molar-refractivity contribution < 1.29 is 9.59 Å². The Morgan fingerprint density at radius 2 is 1.72 bits per heavy atom. The zero-order chi connectivity index (χ0) is 20.6. The Kier molecular flexibility index (Phi) is 7.42. The molecule has 1 atom stereocenters. The van der Waals surface area contributed by atoms with Crippen molar-refractivity contribution in [3.05, 3.63) is 60.2 Å². The SMILES string of the molecule is CCCN1CCN(C(=O)CNC)CC(Cc2ccc(-c3ccccc3)cc2)C1=O. The zero-order valence-electron chi connectivity index (χ0n) is 17.4. The van der Waals surface area contributed by atoms with Gasteiger partial charge in [0.25, 0.3) is 0 Å². The molecule has 1 unspecified atom stereocenters. The van der Waals surface area contributed by atoms with E-state index in [2.05, 4.69) is 48.6 Å². The molecular weight excluding hydrogens is 362 g/mol. The van der Waals surface area contributed by atoms with Crippen molar-refractivity contribution in [2.24, 2.45) is 5.92 Å². The van der Waals surface area contributed by atoms with Crippen molar-refractivity contribution >= 4 is 11.8 Å². The third-order valence-electron chi connectivity index (χ3n) is 5.46. The molecule has 1 N–H and O–H groups in total. The quantitative estimate of drug-likeness (QED) is 0.787. The molecule has 154 valence electrons. The molecule has 0 spiro atoms. The van der Waals surface area contributed by atoms with Gasteiger partial charge in [-0.3, -0.25) is 9.59 Å². The molecule has 3 rings (SSSR count). The van der Waals surface area contributed by atoms with Gasteiger partial charge in [0, 0.05) is 26.2 Å². The van der Waals surface area contributed by atoms with Crippen LogP contribution in [0.2, 0.25) is 0 Å². The molecule has 2 aromatic carbocycles. The van der Waals surface area contributed by atoms with E-state index in [0.29, 0.717) is 32.6 Å². The minimum atomic E-state index is -0.201. The molecule has 1 saturated heterocycles. The van der Waals surface area contributed by atoms with Gasteiger partial charge in [0.2, 0.25) is 11.8 Å². The van der Waals surface area contributed by atoms with Gasteiger partial charge in [-0.2, -0.15) is 0 Å². The lowest BCUT2D eigenvalue weighted by molar-refractivity contribution is -0.134. The Morgan fingerprint density at radius 1 is 1.03 bits per heavy atom. The van der Waals surface area contributed by atoms with Crippen LogP contribution in [0, 0.1) is 5.92 Å². The lowest BCUT2D eigenvalue weighted by atomic mass is 9.95. The average molecular weight is 394 g/mol. The third kappa shape index (κ3) is 5.45. The molecule has 1 fully saturated rings. The smallest absolute Gasteiger partial charge is 0.236 e. The summed E-state index contributed by atoms with van der Waals surface area (Å²) >= 11 is 0. The normalized spacial score (nSPS) is 17.3. The maximum Gasteiger partial charge on any atom is 0.236 e. The van der Waals surface area contributed by atoms with Gasteiger partial charge in [0.1, 0.15) is 0 Å². The van der Waals surface area contributed by atoms with Gasteiger partial charge < -0.3 is 15.1 Å². The van der Waals surface area contributed by atoms with Crippen molar-refractivity contribution in [2.45, 2.75) is 19.8 Å². The zero-order valence-corrected chi connectivity index (χ0v) is 17.4. The highest BCUT2D eigenvalue weighted by Gasteiger charge is 2.31. The van der Waals surface area contributed by atoms with Crippen molar-refractivity contribution in [2.75, 3.05) is 39.8 Å². The maximum atomic E-state index is 13.1. The molecule has 0 bridgehead atoms. The molecule has 0 saturated carbocycles. The molecule has 0 aliphatic carbocycles. The van der Waals surface area contributed by atoms with E-state index in [1.54, 1.807) is 7.05 Å². The van der Waals surface area contributed by atoms with Crippen molar-refractivity contribution in [3.8, 4) is 11.1 Å². The van der Waals surface area contributed by atoms with Crippen LogP contribution in [0.25, 0.3) is 11.1 Å². The van der Waals surface area contributed by atoms with Crippen LogP contribution in [0.5, 0.6) is 0 Å². The second kappa shape index (κ2) is 10.2. The van der Waals surface area contributed by atoms with Crippen molar-refractivity contribution in [1.82, 2.24) is 15.1 Å². The molecule has 0 radical (unpaired) electrons. The number of hydrogen-bond acceptors (Lipinski definition) is 3. The molecule has 2 aromatic rings. The topological polar surface area (TPSA) is 52.6 Å². The van der Waals surface area contributed by atoms with E-state index >= 15 is 0 Å². The van der Waals surface area contributed by atoms with E-state index in [-0.39, 0.29) is 17.7 Å². The van der Waals surface area contributed by atoms with Crippen LogP contribution in [0.1, 0.15) is 18.9 Å². The average Bonchev–Trinajstić information content (AvgIpc) is 2.90. The first-order chi connectivity index (χ1) is 14.1. The number of carbonyl (C=O) groups is 2. The molecule has 29 heavy (non-hydrogen) atoms. The summed E-state index contributed by atoms with van der Waals surface area (Å²) in [4.78, 5) is 29.3. The van der Waals surface area contributed by atoms with Gasteiger partial charge in [0.05, 0.1) is 12.5 Å². The predicted octanol–water partition coefficient (Wildman–Crippen LogP) is 2.81. The Morgan fingerprint density at radius 3 is 2.38 bits per heavy atom. The predicted molar refractivity (Wildman–Crippen MR) is 116 cm³/mol. The van der Waals surface area contributed by atoms with E-state index in [4.69, 9.17) is 0 Å². The van der Waals surface area contributed by atoms with E-state index in [1.807, 2.05) is 28.0 Å². The Hall–Kier alpha value is -2.66. The molecular formula is C24H31N3O2. The minimum absolute atomic E-state index is 0.0584. The summed E-state index contributed by atoms with van der Waals surface area (Å²) in [6.45, 7) is 4.84. The number of nitrogens with zero attached hydrogens (tertiary/aromatic N) is 2. The van der Waals surface area contributed by atoms with Crippen molar-refractivity contribution in [3.63, 3.8) is 0 Å². The van der Waals surface area contributed by atoms with E-state index < -0.39 is 0 Å². The monoisotopic (exact) mass is 393 g/mol. The third-order valence-corrected chi connectivity index (χ3v) is 5.46. The van der Waals surface area contributed by atoms with Crippen LogP contribution in [-0.2, 0) is 16.0 Å². The number of hydrogen-bond donors (Lipinski definition) is 1. The Labute approximate surface area is 173 Å². The van der Waals surface area contributed by atoms with Gasteiger partial charge in [0.15, 0.2) is 0 Å². The second-order valence-electron chi connectivity index (χ2n) is 7.66. The minimum Gasteiger partial charge on any atom is -0.341 e. The number of likely N-dealkylation sites (N-methyl/N-ethyl adjacent to an activating group) is 1. The highest BCUT2D eigenvalue weighted by molar-refractivity contribution is 5.83. The summed E-state index contributed by atoms with van der Waals surface area (Å²) in [6.07, 6.45) is 1.58. The number of carbonyl (C=O) groups excluding carboxylic acids is 2. The number of amides is 2. The Bertz CT molecular complexity index is 805. The highest BCUT2D eigenvalue weighted by Crippen LogP contribution is 2.22. The second-order valence-corrected chi connectivity index (χ2v) is 7.66. The van der Waals surface area contributed by atoms with Gasteiger partial charge >= 0.3 is 0 Å². The first-order valence-electron chi connectivity index (χ1n) is 10.5. The summed E-state index contributed by atoms with van der Waals surface area (Å²) in [7, 11) is 1.77. The van der Waals surface area contributed by atoms with Crippen LogP contribution in [0.15, 0.2) is 54.6 Å². The summed E-state index contributed by atoms with van der Waals surface area (Å²) in [6, 6.07) is 18.7. The molecule has 1 aliphatic heterocycles. The summed E-state index contributed by atoms with van der Waals surface area (Å²) in [5, 5.41) is 2.93. The van der Waals surface area contributed by atoms with Gasteiger partial charge in [-0.05, 0) is 36.6 Å². The van der Waals surface area contributed by atoms with E-state index in [9.17, 15) is 9.59 Å². The highest BCUT2D eigenvalue weighted by atomic mass is 16.2. The van der Waals surface area contributed by atoms with Crippen LogP contribution >= 0.6 is 0 Å². The lowest BCUT2D eigenvalue weighted by Crippen LogP contribution is -2.41. The van der Waals surface area contributed by atoms with Gasteiger partial charge in [-0.1, -0.05) is 61.5 Å². The fourth-order valence-corrected chi connectivity index (χ4v) is 3.93. The molecule has 0 aromatic heterocycles. The standard InChI is InChI=1S/C24H31N3O2/c1-3-13-26-14-15-27(23(28)17-25-2)18-22(24(26)29)16-19-9-11-21(12-10-19)20-7-5-4-6-8-20/h4-12,22,25H,3,13-18H2,1-2H3. The first-order valence-corrected chi connectivity index (χ1v) is 10.5. The molecule has 5 heteroatoms. The number of benzene rings is 2. The molecule has 5 nitrogen and oxygen atoms in total. The van der Waals surface area contributed by atoms with Gasteiger partial charge in [-0.15, -0.1) is 0 Å².